The monoisotopic (exact) mass is 305 g/mol. The van der Waals surface area contributed by atoms with Gasteiger partial charge >= 0.3 is 5.97 Å². The van der Waals surface area contributed by atoms with Crippen molar-refractivity contribution in [1.82, 2.24) is 0 Å². The third-order valence-corrected chi connectivity index (χ3v) is 3.03. The van der Waals surface area contributed by atoms with Gasteiger partial charge < -0.3 is 10.4 Å². The highest BCUT2D eigenvalue weighted by molar-refractivity contribution is 6.10. The van der Waals surface area contributed by atoms with Crippen molar-refractivity contribution in [3.63, 3.8) is 0 Å². The zero-order chi connectivity index (χ0) is 16.3. The third-order valence-electron chi connectivity index (χ3n) is 3.03. The Morgan fingerprint density at radius 1 is 1.05 bits per heavy atom. The highest BCUT2D eigenvalue weighted by Gasteiger charge is 2.24. The van der Waals surface area contributed by atoms with Crippen LogP contribution in [0.5, 0.6) is 0 Å². The highest BCUT2D eigenvalue weighted by atomic mass is 19.3. The Morgan fingerprint density at radius 3 is 2.27 bits per heavy atom. The van der Waals surface area contributed by atoms with Crippen LogP contribution >= 0.6 is 0 Å². The van der Waals surface area contributed by atoms with Crippen LogP contribution in [-0.2, 0) is 5.92 Å². The van der Waals surface area contributed by atoms with E-state index in [1.807, 2.05) is 0 Å². The minimum absolute atomic E-state index is 0.0383. The zero-order valence-corrected chi connectivity index (χ0v) is 11.6. The predicted octanol–water partition coefficient (Wildman–Crippen LogP) is 3.75. The maximum absolute atomic E-state index is 13.3. The molecule has 0 bridgehead atoms. The van der Waals surface area contributed by atoms with Gasteiger partial charge in [-0.15, -0.1) is 0 Å². The molecular weight excluding hydrogens is 292 g/mol. The summed E-state index contributed by atoms with van der Waals surface area (Å²) >= 11 is 0. The first-order valence-corrected chi connectivity index (χ1v) is 6.41. The lowest BCUT2D eigenvalue weighted by Crippen LogP contribution is -2.17. The molecule has 0 spiro atoms. The standard InChI is InChI=1S/C16H13F2NO3/c1-16(17,18)10-5-4-6-11(9-10)19-14(20)12-7-2-3-8-13(12)15(21)22/h2-9H,1H3,(H,19,20)(H,21,22). The number of hydrogen-bond acceptors (Lipinski definition) is 2. The molecule has 0 aliphatic carbocycles. The number of nitrogens with one attached hydrogen (secondary N) is 1. The van der Waals surface area contributed by atoms with E-state index in [1.165, 1.54) is 42.5 Å². The molecule has 2 rings (SSSR count). The summed E-state index contributed by atoms with van der Waals surface area (Å²) < 4.78 is 26.5. The Hall–Kier alpha value is -2.76. The van der Waals surface area contributed by atoms with E-state index in [2.05, 4.69) is 5.32 Å². The maximum atomic E-state index is 13.3. The van der Waals surface area contributed by atoms with Gasteiger partial charge in [-0.1, -0.05) is 24.3 Å². The molecule has 22 heavy (non-hydrogen) atoms. The van der Waals surface area contributed by atoms with Gasteiger partial charge in [-0.25, -0.2) is 13.6 Å². The van der Waals surface area contributed by atoms with Gasteiger partial charge in [0.2, 0.25) is 0 Å². The van der Waals surface area contributed by atoms with Crippen LogP contribution < -0.4 is 5.32 Å². The topological polar surface area (TPSA) is 66.4 Å². The normalized spacial score (nSPS) is 11.0. The largest absolute Gasteiger partial charge is 0.478 e. The predicted molar refractivity (Wildman–Crippen MR) is 77.4 cm³/mol. The SMILES string of the molecule is CC(F)(F)c1cccc(NC(=O)c2ccccc2C(=O)O)c1. The van der Waals surface area contributed by atoms with Gasteiger partial charge in [0.15, 0.2) is 0 Å². The van der Waals surface area contributed by atoms with Gasteiger partial charge in [-0.3, -0.25) is 4.79 Å². The van der Waals surface area contributed by atoms with Crippen molar-refractivity contribution in [1.29, 1.82) is 0 Å². The first-order chi connectivity index (χ1) is 10.3. The summed E-state index contributed by atoms with van der Waals surface area (Å²) in [5.74, 6) is -4.94. The van der Waals surface area contributed by atoms with Crippen molar-refractivity contribution in [2.45, 2.75) is 12.8 Å². The average Bonchev–Trinajstić information content (AvgIpc) is 2.46. The van der Waals surface area contributed by atoms with Crippen LogP contribution in [0.4, 0.5) is 14.5 Å². The number of aromatic carboxylic acids is 1. The summed E-state index contributed by atoms with van der Waals surface area (Å²) in [6.07, 6.45) is 0. The number of carbonyl (C=O) groups excluding carboxylic acids is 1. The van der Waals surface area contributed by atoms with Gasteiger partial charge in [0.05, 0.1) is 11.1 Å². The molecule has 0 saturated heterocycles. The second-order valence-corrected chi connectivity index (χ2v) is 4.77. The Kier molecular flexibility index (Phi) is 4.21. The Balaban J connectivity index is 2.29. The lowest BCUT2D eigenvalue weighted by atomic mass is 10.1. The average molecular weight is 305 g/mol. The minimum atomic E-state index is -3.03. The van der Waals surface area contributed by atoms with Crippen LogP contribution in [0, 0.1) is 0 Å². The quantitative estimate of drug-likeness (QED) is 0.904. The molecule has 2 aromatic carbocycles. The molecular formula is C16H13F2NO3. The molecule has 0 aromatic heterocycles. The summed E-state index contributed by atoms with van der Waals surface area (Å²) in [5, 5.41) is 11.5. The third kappa shape index (κ3) is 3.46. The molecule has 2 N–H and O–H groups in total. The molecule has 6 heteroatoms. The van der Waals surface area contributed by atoms with Gasteiger partial charge in [0.1, 0.15) is 0 Å². The first kappa shape index (κ1) is 15.6. The Bertz CT molecular complexity index is 723. The molecule has 2 aromatic rings. The van der Waals surface area contributed by atoms with Crippen LogP contribution in [0.3, 0.4) is 0 Å². The zero-order valence-electron chi connectivity index (χ0n) is 11.6. The van der Waals surface area contributed by atoms with Gasteiger partial charge in [-0.05, 0) is 24.3 Å². The molecule has 0 aliphatic heterocycles. The number of carbonyl (C=O) groups is 2. The van der Waals surface area contributed by atoms with E-state index in [9.17, 15) is 18.4 Å². The fourth-order valence-electron chi connectivity index (χ4n) is 1.94. The van der Waals surface area contributed by atoms with Crippen molar-refractivity contribution in [2.75, 3.05) is 5.32 Å². The number of halogens is 2. The molecule has 4 nitrogen and oxygen atoms in total. The summed E-state index contributed by atoms with van der Waals surface area (Å²) in [7, 11) is 0. The van der Waals surface area contributed by atoms with Crippen LogP contribution in [0.1, 0.15) is 33.2 Å². The van der Waals surface area contributed by atoms with Crippen molar-refractivity contribution >= 4 is 17.6 Å². The molecule has 0 aliphatic rings. The van der Waals surface area contributed by atoms with Crippen LogP contribution in [0.15, 0.2) is 48.5 Å². The number of amides is 1. The lowest BCUT2D eigenvalue weighted by Gasteiger charge is -2.13. The summed E-state index contributed by atoms with van der Waals surface area (Å²) in [6.45, 7) is 0.758. The molecule has 114 valence electrons. The van der Waals surface area contributed by atoms with Crippen molar-refractivity contribution in [2.24, 2.45) is 0 Å². The van der Waals surface area contributed by atoms with Crippen molar-refractivity contribution in [3.8, 4) is 0 Å². The second-order valence-electron chi connectivity index (χ2n) is 4.77. The Labute approximate surface area is 125 Å². The number of carboxylic acid groups (broad SMARTS) is 1. The molecule has 0 fully saturated rings. The number of hydrogen-bond donors (Lipinski definition) is 2. The highest BCUT2D eigenvalue weighted by Crippen LogP contribution is 2.28. The molecule has 0 radical (unpaired) electrons. The fourth-order valence-corrected chi connectivity index (χ4v) is 1.94. The van der Waals surface area contributed by atoms with E-state index in [0.717, 1.165) is 13.0 Å². The van der Waals surface area contributed by atoms with E-state index >= 15 is 0 Å². The van der Waals surface area contributed by atoms with Crippen molar-refractivity contribution in [3.05, 3.63) is 65.2 Å². The number of carboxylic acids is 1. The Morgan fingerprint density at radius 2 is 1.68 bits per heavy atom. The first-order valence-electron chi connectivity index (χ1n) is 6.41. The number of alkyl halides is 2. The van der Waals surface area contributed by atoms with Crippen LogP contribution in [0.2, 0.25) is 0 Å². The number of anilines is 1. The van der Waals surface area contributed by atoms with Crippen molar-refractivity contribution < 1.29 is 23.5 Å². The van der Waals surface area contributed by atoms with E-state index in [4.69, 9.17) is 5.11 Å². The van der Waals surface area contributed by atoms with E-state index < -0.39 is 17.8 Å². The fraction of sp³-hybridized carbons (Fsp3) is 0.125. The molecule has 0 atom stereocenters. The summed E-state index contributed by atoms with van der Waals surface area (Å²) in [5.41, 5.74) is -0.262. The van der Waals surface area contributed by atoms with E-state index in [1.54, 1.807) is 0 Å². The van der Waals surface area contributed by atoms with Gasteiger partial charge in [0.25, 0.3) is 11.8 Å². The number of rotatable bonds is 4. The van der Waals surface area contributed by atoms with E-state index in [0.29, 0.717) is 0 Å². The van der Waals surface area contributed by atoms with Crippen LogP contribution in [-0.4, -0.2) is 17.0 Å². The lowest BCUT2D eigenvalue weighted by molar-refractivity contribution is 0.0175. The minimum Gasteiger partial charge on any atom is -0.478 e. The molecule has 0 saturated carbocycles. The number of benzene rings is 2. The van der Waals surface area contributed by atoms with Gasteiger partial charge in [-0.2, -0.15) is 0 Å². The molecule has 0 heterocycles. The maximum Gasteiger partial charge on any atom is 0.336 e. The smallest absolute Gasteiger partial charge is 0.336 e. The van der Waals surface area contributed by atoms with Crippen LogP contribution in [0.25, 0.3) is 0 Å². The van der Waals surface area contributed by atoms with E-state index in [-0.39, 0.29) is 22.4 Å². The molecule has 0 unspecified atom stereocenters. The second kappa shape index (κ2) is 5.93. The molecule has 1 amide bonds. The van der Waals surface area contributed by atoms with Gasteiger partial charge in [0, 0.05) is 18.2 Å². The summed E-state index contributed by atoms with van der Waals surface area (Å²) in [4.78, 5) is 23.2. The summed E-state index contributed by atoms with van der Waals surface area (Å²) in [6, 6.07) is 10.9.